The number of methoxy groups -OCH3 is 1. The molecule has 5 nitrogen and oxygen atoms in total. The number of rotatable bonds is 18. The van der Waals surface area contributed by atoms with Crippen LogP contribution < -0.4 is 14.0 Å². The molecule has 1 heterocycles. The van der Waals surface area contributed by atoms with Crippen LogP contribution in [-0.4, -0.2) is 24.5 Å². The van der Waals surface area contributed by atoms with Crippen LogP contribution in [0.5, 0.6) is 11.5 Å². The molecule has 0 unspecified atom stereocenters. The van der Waals surface area contributed by atoms with Crippen LogP contribution in [0.15, 0.2) is 67.0 Å². The maximum Gasteiger partial charge on any atom is 0.258 e. The zero-order valence-electron chi connectivity index (χ0n) is 24.5. The van der Waals surface area contributed by atoms with Gasteiger partial charge in [-0.25, -0.2) is 4.57 Å². The summed E-state index contributed by atoms with van der Waals surface area (Å²) in [5.41, 5.74) is 2.52. The molecule has 0 aliphatic carbocycles. The Hall–Kier alpha value is -3.05. The molecule has 0 N–H and O–H groups in total. The number of pyridine rings is 1. The zero-order chi connectivity index (χ0) is 28.6. The van der Waals surface area contributed by atoms with Crippen LogP contribution >= 0.6 is 11.6 Å². The molecule has 3 aromatic rings. The molecule has 0 bridgehead atoms. The lowest BCUT2D eigenvalue weighted by Crippen LogP contribution is -2.33. The standard InChI is InChI=1S/C34H46ClN2O3/c1-4-5-6-7-8-9-10-11-12-15-23-40-33-21-20-28(24-31(33)35)26-37(27-29-17-16-22-36(2)25-29)34(38)30-18-13-14-19-32(30)39-3/h13-14,16-22,24-25H,4-12,15,23,26-27H2,1-3H3/q+1. The number of ether oxygens (including phenoxy) is 2. The summed E-state index contributed by atoms with van der Waals surface area (Å²) in [6, 6.07) is 17.2. The van der Waals surface area contributed by atoms with Gasteiger partial charge in [-0.3, -0.25) is 4.79 Å². The van der Waals surface area contributed by atoms with Gasteiger partial charge in [0.05, 0.1) is 30.8 Å². The molecule has 0 spiro atoms. The van der Waals surface area contributed by atoms with Gasteiger partial charge in [-0.1, -0.05) is 94.5 Å². The van der Waals surface area contributed by atoms with Crippen molar-refractivity contribution in [2.45, 2.75) is 84.2 Å². The van der Waals surface area contributed by atoms with E-state index in [1.165, 1.54) is 57.8 Å². The molecular formula is C34H46ClN2O3+. The quantitative estimate of drug-likeness (QED) is 0.115. The van der Waals surface area contributed by atoms with Crippen molar-refractivity contribution >= 4 is 17.5 Å². The third-order valence-electron chi connectivity index (χ3n) is 7.12. The Balaban J connectivity index is 1.56. The fraction of sp³-hybridized carbons (Fsp3) is 0.471. The Morgan fingerprint density at radius 2 is 1.50 bits per heavy atom. The number of aryl methyl sites for hydroxylation is 1. The third kappa shape index (κ3) is 10.5. The Kier molecular flexibility index (Phi) is 13.9. The average molecular weight is 566 g/mol. The molecule has 0 aliphatic rings. The maximum absolute atomic E-state index is 13.7. The second-order valence-corrected chi connectivity index (χ2v) is 10.9. The molecular weight excluding hydrogens is 520 g/mol. The highest BCUT2D eigenvalue weighted by atomic mass is 35.5. The molecule has 2 aromatic carbocycles. The monoisotopic (exact) mass is 565 g/mol. The molecule has 0 aliphatic heterocycles. The van der Waals surface area contributed by atoms with Gasteiger partial charge in [-0.05, 0) is 42.3 Å². The van der Waals surface area contributed by atoms with Gasteiger partial charge >= 0.3 is 0 Å². The summed E-state index contributed by atoms with van der Waals surface area (Å²) in [4.78, 5) is 15.5. The van der Waals surface area contributed by atoms with Gasteiger partial charge in [0.15, 0.2) is 12.4 Å². The molecule has 1 amide bonds. The molecule has 0 fully saturated rings. The Morgan fingerprint density at radius 3 is 2.17 bits per heavy atom. The van der Waals surface area contributed by atoms with Crippen molar-refractivity contribution in [1.82, 2.24) is 4.90 Å². The zero-order valence-corrected chi connectivity index (χ0v) is 25.3. The highest BCUT2D eigenvalue weighted by Crippen LogP contribution is 2.28. The Labute approximate surface area is 246 Å². The molecule has 3 rings (SSSR count). The van der Waals surface area contributed by atoms with Crippen molar-refractivity contribution in [2.24, 2.45) is 7.05 Å². The van der Waals surface area contributed by atoms with Crippen LogP contribution in [0, 0.1) is 0 Å². The fourth-order valence-corrected chi connectivity index (χ4v) is 5.16. The average Bonchev–Trinajstić information content (AvgIpc) is 2.96. The van der Waals surface area contributed by atoms with Crippen LogP contribution in [0.2, 0.25) is 5.02 Å². The van der Waals surface area contributed by atoms with Crippen LogP contribution in [0.4, 0.5) is 0 Å². The molecule has 0 saturated carbocycles. The lowest BCUT2D eigenvalue weighted by molar-refractivity contribution is -0.672. The number of amides is 1. The summed E-state index contributed by atoms with van der Waals surface area (Å²) >= 11 is 6.62. The minimum atomic E-state index is -0.0960. The molecule has 1 aromatic heterocycles. The number of halogens is 1. The number of hydrogen-bond acceptors (Lipinski definition) is 3. The summed E-state index contributed by atoms with van der Waals surface area (Å²) in [6.45, 7) is 3.80. The van der Waals surface area contributed by atoms with E-state index in [-0.39, 0.29) is 5.91 Å². The van der Waals surface area contributed by atoms with E-state index in [4.69, 9.17) is 21.1 Å². The predicted molar refractivity (Wildman–Crippen MR) is 163 cm³/mol. The first kappa shape index (κ1) is 31.5. The van der Waals surface area contributed by atoms with Gasteiger partial charge in [-0.15, -0.1) is 0 Å². The van der Waals surface area contributed by atoms with E-state index in [9.17, 15) is 4.79 Å². The second-order valence-electron chi connectivity index (χ2n) is 10.5. The van der Waals surface area contributed by atoms with Gasteiger partial charge in [-0.2, -0.15) is 0 Å². The second kappa shape index (κ2) is 17.6. The maximum atomic E-state index is 13.7. The molecule has 0 atom stereocenters. The van der Waals surface area contributed by atoms with Crippen molar-refractivity contribution in [2.75, 3.05) is 13.7 Å². The van der Waals surface area contributed by atoms with Gasteiger partial charge in [0.2, 0.25) is 0 Å². The van der Waals surface area contributed by atoms with E-state index in [2.05, 4.69) is 6.92 Å². The largest absolute Gasteiger partial charge is 0.496 e. The molecule has 40 heavy (non-hydrogen) atoms. The predicted octanol–water partition coefficient (Wildman–Crippen LogP) is 8.32. The van der Waals surface area contributed by atoms with Crippen LogP contribution in [0.25, 0.3) is 0 Å². The first-order valence-electron chi connectivity index (χ1n) is 14.8. The van der Waals surface area contributed by atoms with Crippen LogP contribution in [0.3, 0.4) is 0 Å². The van der Waals surface area contributed by atoms with Crippen LogP contribution in [-0.2, 0) is 20.1 Å². The third-order valence-corrected chi connectivity index (χ3v) is 7.42. The van der Waals surface area contributed by atoms with Gasteiger partial charge in [0, 0.05) is 18.2 Å². The summed E-state index contributed by atoms with van der Waals surface area (Å²) in [7, 11) is 3.56. The van der Waals surface area contributed by atoms with Crippen molar-refractivity contribution in [3.05, 3.63) is 88.7 Å². The molecule has 6 heteroatoms. The van der Waals surface area contributed by atoms with Gasteiger partial charge in [0.1, 0.15) is 18.5 Å². The summed E-state index contributed by atoms with van der Waals surface area (Å²) in [5, 5.41) is 0.570. The normalized spacial score (nSPS) is 10.9. The molecule has 216 valence electrons. The van der Waals surface area contributed by atoms with Gasteiger partial charge in [0.25, 0.3) is 5.91 Å². The molecule has 0 radical (unpaired) electrons. The summed E-state index contributed by atoms with van der Waals surface area (Å²) in [6.07, 6.45) is 16.9. The lowest BCUT2D eigenvalue weighted by atomic mass is 10.1. The first-order valence-corrected chi connectivity index (χ1v) is 15.2. The van der Waals surface area contributed by atoms with Crippen molar-refractivity contribution < 1.29 is 18.8 Å². The number of hydrogen-bond donors (Lipinski definition) is 0. The minimum Gasteiger partial charge on any atom is -0.496 e. The summed E-state index contributed by atoms with van der Waals surface area (Å²) in [5.74, 6) is 1.16. The van der Waals surface area contributed by atoms with E-state index >= 15 is 0 Å². The first-order chi connectivity index (χ1) is 19.5. The minimum absolute atomic E-state index is 0.0960. The lowest BCUT2D eigenvalue weighted by Gasteiger charge is -2.24. The topological polar surface area (TPSA) is 42.7 Å². The van der Waals surface area contributed by atoms with Gasteiger partial charge < -0.3 is 14.4 Å². The highest BCUT2D eigenvalue weighted by Gasteiger charge is 2.21. The van der Waals surface area contributed by atoms with Crippen molar-refractivity contribution in [3.63, 3.8) is 0 Å². The smallest absolute Gasteiger partial charge is 0.258 e. The van der Waals surface area contributed by atoms with E-state index in [1.807, 2.05) is 77.4 Å². The summed E-state index contributed by atoms with van der Waals surface area (Å²) < 4.78 is 13.5. The number of carbonyl (C=O) groups is 1. The fourth-order valence-electron chi connectivity index (χ4n) is 4.91. The Morgan fingerprint density at radius 1 is 0.825 bits per heavy atom. The number of para-hydroxylation sites is 1. The number of aromatic nitrogens is 1. The van der Waals surface area contributed by atoms with E-state index < -0.39 is 0 Å². The van der Waals surface area contributed by atoms with Crippen LogP contribution in [0.1, 0.15) is 92.6 Å². The van der Waals surface area contributed by atoms with E-state index in [0.717, 1.165) is 17.5 Å². The Bertz CT molecular complexity index is 1180. The van der Waals surface area contributed by atoms with E-state index in [0.29, 0.717) is 41.8 Å². The number of nitrogens with zero attached hydrogens (tertiary/aromatic N) is 2. The van der Waals surface area contributed by atoms with Crippen molar-refractivity contribution in [3.8, 4) is 11.5 Å². The number of carbonyl (C=O) groups excluding carboxylic acids is 1. The van der Waals surface area contributed by atoms with Crippen molar-refractivity contribution in [1.29, 1.82) is 0 Å². The number of unbranched alkanes of at least 4 members (excludes halogenated alkanes) is 9. The number of benzene rings is 2. The highest BCUT2D eigenvalue weighted by molar-refractivity contribution is 6.32. The van der Waals surface area contributed by atoms with E-state index in [1.54, 1.807) is 13.2 Å². The SMILES string of the molecule is CCCCCCCCCCCCOc1ccc(CN(Cc2ccc[n+](C)c2)C(=O)c2ccccc2OC)cc1Cl. The molecule has 0 saturated heterocycles.